The lowest BCUT2D eigenvalue weighted by Crippen LogP contribution is -2.39. The van der Waals surface area contributed by atoms with Crippen LogP contribution in [0.2, 0.25) is 0 Å². The highest BCUT2D eigenvalue weighted by Gasteiger charge is 2.55. The summed E-state index contributed by atoms with van der Waals surface area (Å²) in [7, 11) is 0. The first-order valence-corrected chi connectivity index (χ1v) is 11.9. The van der Waals surface area contributed by atoms with Gasteiger partial charge < -0.3 is 16.2 Å². The van der Waals surface area contributed by atoms with Gasteiger partial charge in [-0.2, -0.15) is 36.7 Å². The number of nitrogens with one attached hydrogen (secondary N) is 1. The maximum absolute atomic E-state index is 13.4. The average Bonchev–Trinajstić information content (AvgIpc) is 3.40. The molecule has 1 aliphatic heterocycles. The SMILES string of the molecule is N#CCC1(Cc2cnn3cc([C@@H](N)C4CCC(F)(F)CC4)nc3c2)C[C@@H](C(F)(F)F)NC1=O.O=C(O)C(F)(F)F. The number of imidazole rings is 1. The van der Waals surface area contributed by atoms with Crippen LogP contribution in [0.25, 0.3) is 5.65 Å². The smallest absolute Gasteiger partial charge is 0.475 e. The third kappa shape index (κ3) is 7.14. The fourth-order valence-corrected chi connectivity index (χ4v) is 4.81. The Morgan fingerprint density at radius 1 is 1.25 bits per heavy atom. The Labute approximate surface area is 221 Å². The Morgan fingerprint density at radius 3 is 2.35 bits per heavy atom. The third-order valence-corrected chi connectivity index (χ3v) is 6.99. The molecule has 4 N–H and O–H groups in total. The molecule has 9 nitrogen and oxygen atoms in total. The minimum absolute atomic E-state index is 0.103. The van der Waals surface area contributed by atoms with Gasteiger partial charge in [-0.3, -0.25) is 4.79 Å². The Hall–Kier alpha value is -3.55. The summed E-state index contributed by atoms with van der Waals surface area (Å²) in [4.78, 5) is 25.8. The van der Waals surface area contributed by atoms with Crippen molar-refractivity contribution >= 4 is 17.5 Å². The van der Waals surface area contributed by atoms with E-state index in [9.17, 15) is 39.9 Å². The van der Waals surface area contributed by atoms with Crippen molar-refractivity contribution in [3.05, 3.63) is 29.7 Å². The van der Waals surface area contributed by atoms with E-state index < -0.39 is 54.1 Å². The quantitative estimate of drug-likeness (QED) is 0.449. The van der Waals surface area contributed by atoms with Gasteiger partial charge in [-0.1, -0.05) is 0 Å². The standard InChI is InChI=1S/C21H23F5N6O.C2HF3O2/c22-20(23)3-1-13(2-4-20)17(28)14-11-32-16(30-14)7-12(10-29-32)8-19(5-6-27)9-15(21(24,25)26)31-18(19)33;3-2(4,5)1(6)7/h7,10-11,13,15,17H,1-5,8-9,28H2,(H,31,33);(H,6,7)/t15-,17-,19?;/m0./s1. The number of carbonyl (C=O) groups excluding carboxylic acids is 1. The number of carboxylic acid groups (broad SMARTS) is 1. The van der Waals surface area contributed by atoms with Crippen LogP contribution in [0.3, 0.4) is 0 Å². The van der Waals surface area contributed by atoms with Crippen LogP contribution in [-0.2, 0) is 16.0 Å². The predicted molar refractivity (Wildman–Crippen MR) is 119 cm³/mol. The van der Waals surface area contributed by atoms with Gasteiger partial charge in [-0.05, 0) is 43.2 Å². The molecule has 4 rings (SSSR count). The van der Waals surface area contributed by atoms with Crippen LogP contribution in [0.5, 0.6) is 0 Å². The number of hydrogen-bond donors (Lipinski definition) is 3. The first kappa shape index (κ1) is 31.0. The predicted octanol–water partition coefficient (Wildman–Crippen LogP) is 4.08. The summed E-state index contributed by atoms with van der Waals surface area (Å²) in [6, 6.07) is 0.864. The van der Waals surface area contributed by atoms with Crippen LogP contribution in [-0.4, -0.2) is 55.9 Å². The molecular weight excluding hydrogens is 560 g/mol. The molecule has 2 aliphatic rings. The van der Waals surface area contributed by atoms with E-state index in [1.165, 1.54) is 10.7 Å². The summed E-state index contributed by atoms with van der Waals surface area (Å²) in [5.41, 5.74) is 6.08. The summed E-state index contributed by atoms with van der Waals surface area (Å²) >= 11 is 0. The molecular formula is C23H24F8N6O3. The van der Waals surface area contributed by atoms with Crippen LogP contribution < -0.4 is 11.1 Å². The van der Waals surface area contributed by atoms with Crippen molar-refractivity contribution in [3.63, 3.8) is 0 Å². The maximum Gasteiger partial charge on any atom is 0.490 e. The summed E-state index contributed by atoms with van der Waals surface area (Å²) < 4.78 is 99.6. The molecule has 2 fully saturated rings. The molecule has 0 bridgehead atoms. The van der Waals surface area contributed by atoms with Gasteiger partial charge in [0, 0.05) is 19.3 Å². The highest BCUT2D eigenvalue weighted by Crippen LogP contribution is 2.42. The molecule has 0 radical (unpaired) electrons. The van der Waals surface area contributed by atoms with Crippen molar-refractivity contribution in [1.82, 2.24) is 19.9 Å². The van der Waals surface area contributed by atoms with Crippen LogP contribution in [0.4, 0.5) is 35.1 Å². The number of nitriles is 1. The minimum Gasteiger partial charge on any atom is -0.475 e. The van der Waals surface area contributed by atoms with Crippen molar-refractivity contribution in [1.29, 1.82) is 5.26 Å². The first-order valence-electron chi connectivity index (χ1n) is 11.9. The highest BCUT2D eigenvalue weighted by molar-refractivity contribution is 5.86. The van der Waals surface area contributed by atoms with Crippen molar-refractivity contribution in [2.24, 2.45) is 17.1 Å². The molecule has 0 spiro atoms. The summed E-state index contributed by atoms with van der Waals surface area (Å²) in [6.45, 7) is 0. The number of nitrogens with zero attached hydrogens (tertiary/aromatic N) is 4. The lowest BCUT2D eigenvalue weighted by atomic mass is 9.77. The minimum atomic E-state index is -5.08. The van der Waals surface area contributed by atoms with E-state index in [1.807, 2.05) is 11.4 Å². The third-order valence-electron chi connectivity index (χ3n) is 6.99. The van der Waals surface area contributed by atoms with Crippen LogP contribution in [0, 0.1) is 22.7 Å². The normalized spacial score (nSPS) is 24.1. The molecule has 1 unspecified atom stereocenters. The van der Waals surface area contributed by atoms with Crippen LogP contribution in [0.15, 0.2) is 18.5 Å². The molecule has 3 atom stereocenters. The average molecular weight is 584 g/mol. The molecule has 1 saturated heterocycles. The molecule has 2 aromatic heterocycles. The highest BCUT2D eigenvalue weighted by atomic mass is 19.4. The van der Waals surface area contributed by atoms with Crippen molar-refractivity contribution < 1.29 is 49.8 Å². The van der Waals surface area contributed by atoms with Gasteiger partial charge in [0.1, 0.15) is 6.04 Å². The number of nitrogens with two attached hydrogens (primary N) is 1. The summed E-state index contributed by atoms with van der Waals surface area (Å²) in [5.74, 6) is -6.38. The zero-order valence-electron chi connectivity index (χ0n) is 20.6. The van der Waals surface area contributed by atoms with Gasteiger partial charge in [-0.15, -0.1) is 0 Å². The van der Waals surface area contributed by atoms with Gasteiger partial charge in [-0.25, -0.2) is 23.1 Å². The number of rotatable bonds is 5. The molecule has 1 saturated carbocycles. The Kier molecular flexibility index (Phi) is 8.63. The number of carbonyl (C=O) groups is 2. The molecule has 0 aromatic carbocycles. The lowest BCUT2D eigenvalue weighted by Gasteiger charge is -2.31. The van der Waals surface area contributed by atoms with Crippen molar-refractivity contribution in [2.45, 2.75) is 75.3 Å². The monoisotopic (exact) mass is 584 g/mol. The second-order valence-electron chi connectivity index (χ2n) is 9.92. The lowest BCUT2D eigenvalue weighted by molar-refractivity contribution is -0.192. The van der Waals surface area contributed by atoms with Crippen molar-refractivity contribution in [2.75, 3.05) is 0 Å². The van der Waals surface area contributed by atoms with E-state index in [2.05, 4.69) is 10.1 Å². The zero-order valence-corrected chi connectivity index (χ0v) is 20.6. The van der Waals surface area contributed by atoms with Crippen LogP contribution in [0.1, 0.15) is 55.8 Å². The molecule has 220 valence electrons. The van der Waals surface area contributed by atoms with Crippen LogP contribution >= 0.6 is 0 Å². The van der Waals surface area contributed by atoms with E-state index in [-0.39, 0.29) is 44.4 Å². The number of fused-ring (bicyclic) bond motifs is 1. The first-order chi connectivity index (χ1) is 18.4. The topological polar surface area (TPSA) is 146 Å². The Balaban J connectivity index is 0.000000559. The summed E-state index contributed by atoms with van der Waals surface area (Å²) in [6.07, 6.45) is -7.55. The van der Waals surface area contributed by atoms with E-state index in [1.54, 1.807) is 12.3 Å². The Bertz CT molecular complexity index is 1280. The van der Waals surface area contributed by atoms with E-state index >= 15 is 0 Å². The number of halogens is 8. The van der Waals surface area contributed by atoms with Gasteiger partial charge in [0.05, 0.1) is 35.6 Å². The van der Waals surface area contributed by atoms with E-state index in [4.69, 9.17) is 20.9 Å². The number of amides is 1. The Morgan fingerprint density at radius 2 is 1.85 bits per heavy atom. The second-order valence-corrected chi connectivity index (χ2v) is 9.92. The number of carboxylic acids is 1. The van der Waals surface area contributed by atoms with Gasteiger partial charge >= 0.3 is 18.3 Å². The fourth-order valence-electron chi connectivity index (χ4n) is 4.81. The number of hydrogen-bond acceptors (Lipinski definition) is 6. The zero-order chi connectivity index (χ0) is 30.1. The number of aliphatic carboxylic acids is 1. The summed E-state index contributed by atoms with van der Waals surface area (Å²) in [5, 5.41) is 22.5. The van der Waals surface area contributed by atoms with Crippen molar-refractivity contribution in [3.8, 4) is 6.07 Å². The van der Waals surface area contributed by atoms with E-state index in [0.717, 1.165) is 0 Å². The molecule has 2 aromatic rings. The number of aromatic nitrogens is 3. The van der Waals surface area contributed by atoms with E-state index in [0.29, 0.717) is 16.9 Å². The largest absolute Gasteiger partial charge is 0.490 e. The fraction of sp³-hybridized carbons (Fsp3) is 0.609. The maximum atomic E-state index is 13.4. The van der Waals surface area contributed by atoms with Gasteiger partial charge in [0.15, 0.2) is 5.65 Å². The molecule has 1 aliphatic carbocycles. The van der Waals surface area contributed by atoms with Gasteiger partial charge in [0.25, 0.3) is 0 Å². The number of alkyl halides is 8. The molecule has 1 amide bonds. The van der Waals surface area contributed by atoms with Gasteiger partial charge in [0.2, 0.25) is 11.8 Å². The second kappa shape index (κ2) is 11.1. The molecule has 40 heavy (non-hydrogen) atoms. The molecule has 3 heterocycles. The molecule has 17 heteroatoms.